The van der Waals surface area contributed by atoms with E-state index < -0.39 is 4.92 Å². The van der Waals surface area contributed by atoms with Crippen LogP contribution in [-0.2, 0) is 0 Å². The van der Waals surface area contributed by atoms with Gasteiger partial charge < -0.3 is 10.4 Å². The van der Waals surface area contributed by atoms with Gasteiger partial charge in [0.25, 0.3) is 11.6 Å². The number of carbonyl (C=O) groups is 1. The van der Waals surface area contributed by atoms with Crippen molar-refractivity contribution >= 4 is 17.3 Å². The van der Waals surface area contributed by atoms with Gasteiger partial charge in [0, 0.05) is 23.4 Å². The predicted octanol–water partition coefficient (Wildman–Crippen LogP) is 2.86. The molecular formula is C14H12N2O4. The Hall–Kier alpha value is -2.89. The van der Waals surface area contributed by atoms with E-state index in [-0.39, 0.29) is 17.3 Å². The minimum atomic E-state index is -0.505. The second-order valence-corrected chi connectivity index (χ2v) is 4.26. The van der Waals surface area contributed by atoms with Crippen LogP contribution < -0.4 is 5.32 Å². The molecule has 0 atom stereocenters. The number of amides is 1. The summed E-state index contributed by atoms with van der Waals surface area (Å²) in [5, 5.41) is 22.5. The molecule has 0 radical (unpaired) electrons. The number of nitro groups is 1. The average Bonchev–Trinajstić information content (AvgIpc) is 2.41. The third kappa shape index (κ3) is 2.92. The normalized spacial score (nSPS) is 10.1. The average molecular weight is 272 g/mol. The highest BCUT2D eigenvalue weighted by Crippen LogP contribution is 2.19. The molecule has 0 heterocycles. The second-order valence-electron chi connectivity index (χ2n) is 4.26. The van der Waals surface area contributed by atoms with Crippen molar-refractivity contribution in [1.29, 1.82) is 0 Å². The van der Waals surface area contributed by atoms with E-state index in [2.05, 4.69) is 5.32 Å². The first-order chi connectivity index (χ1) is 9.47. The van der Waals surface area contributed by atoms with Crippen LogP contribution in [-0.4, -0.2) is 15.9 Å². The first kappa shape index (κ1) is 13.5. The Labute approximate surface area is 114 Å². The van der Waals surface area contributed by atoms with Gasteiger partial charge >= 0.3 is 0 Å². The number of phenols is 1. The molecular weight excluding hydrogens is 260 g/mol. The van der Waals surface area contributed by atoms with Crippen LogP contribution in [0.2, 0.25) is 0 Å². The molecule has 6 heteroatoms. The molecule has 0 spiro atoms. The molecule has 20 heavy (non-hydrogen) atoms. The lowest BCUT2D eigenvalue weighted by Gasteiger charge is -2.07. The van der Waals surface area contributed by atoms with Crippen LogP contribution >= 0.6 is 0 Å². The quantitative estimate of drug-likeness (QED) is 0.510. The molecule has 0 bridgehead atoms. The maximum atomic E-state index is 12.1. The maximum Gasteiger partial charge on any atom is 0.269 e. The number of carbonyl (C=O) groups excluding carboxylic acids is 1. The second kappa shape index (κ2) is 5.40. The van der Waals surface area contributed by atoms with Gasteiger partial charge in [-0.05, 0) is 42.8 Å². The van der Waals surface area contributed by atoms with Crippen molar-refractivity contribution in [3.8, 4) is 5.75 Å². The van der Waals surface area contributed by atoms with Crippen LogP contribution in [0.25, 0.3) is 0 Å². The fraction of sp³-hybridized carbons (Fsp3) is 0.0714. The van der Waals surface area contributed by atoms with Crippen molar-refractivity contribution in [2.24, 2.45) is 0 Å². The molecule has 1 amide bonds. The van der Waals surface area contributed by atoms with E-state index in [0.717, 1.165) is 0 Å². The Kier molecular flexibility index (Phi) is 3.65. The Morgan fingerprint density at radius 2 is 1.85 bits per heavy atom. The van der Waals surface area contributed by atoms with Crippen LogP contribution in [0, 0.1) is 17.0 Å². The van der Waals surface area contributed by atoms with Gasteiger partial charge in [0.1, 0.15) is 5.75 Å². The van der Waals surface area contributed by atoms with E-state index in [1.165, 1.54) is 30.3 Å². The summed E-state index contributed by atoms with van der Waals surface area (Å²) >= 11 is 0. The van der Waals surface area contributed by atoms with E-state index >= 15 is 0 Å². The summed E-state index contributed by atoms with van der Waals surface area (Å²) in [7, 11) is 0. The van der Waals surface area contributed by atoms with Crippen LogP contribution in [0.1, 0.15) is 15.9 Å². The number of nitrogens with zero attached hydrogens (tertiary/aromatic N) is 1. The molecule has 0 fully saturated rings. The van der Waals surface area contributed by atoms with E-state index in [0.29, 0.717) is 16.8 Å². The molecule has 2 aromatic carbocycles. The molecule has 0 saturated heterocycles. The summed E-state index contributed by atoms with van der Waals surface area (Å²) < 4.78 is 0. The minimum Gasteiger partial charge on any atom is -0.508 e. The van der Waals surface area contributed by atoms with Gasteiger partial charge in [-0.25, -0.2) is 0 Å². The monoisotopic (exact) mass is 272 g/mol. The van der Waals surface area contributed by atoms with Crippen molar-refractivity contribution < 1.29 is 14.8 Å². The number of nitrogens with one attached hydrogen (secondary N) is 1. The number of phenolic OH excluding ortho intramolecular Hbond substituents is 1. The van der Waals surface area contributed by atoms with Gasteiger partial charge in [0.2, 0.25) is 0 Å². The molecule has 0 aliphatic carbocycles. The van der Waals surface area contributed by atoms with Crippen molar-refractivity contribution in [3.05, 3.63) is 63.7 Å². The zero-order chi connectivity index (χ0) is 14.7. The summed E-state index contributed by atoms with van der Waals surface area (Å²) in [4.78, 5) is 22.2. The van der Waals surface area contributed by atoms with E-state index in [1.807, 2.05) is 0 Å². The van der Waals surface area contributed by atoms with Gasteiger partial charge in [0.05, 0.1) is 4.92 Å². The first-order valence-corrected chi connectivity index (χ1v) is 5.83. The summed E-state index contributed by atoms with van der Waals surface area (Å²) in [5.74, 6) is -0.252. The van der Waals surface area contributed by atoms with Crippen LogP contribution in [0.3, 0.4) is 0 Å². The highest BCUT2D eigenvalue weighted by Gasteiger charge is 2.13. The zero-order valence-corrected chi connectivity index (χ0v) is 10.7. The molecule has 0 aliphatic rings. The van der Waals surface area contributed by atoms with Crippen molar-refractivity contribution in [2.75, 3.05) is 5.32 Å². The predicted molar refractivity (Wildman–Crippen MR) is 73.9 cm³/mol. The number of benzene rings is 2. The summed E-state index contributed by atoms with van der Waals surface area (Å²) in [6.45, 7) is 1.64. The molecule has 2 rings (SSSR count). The van der Waals surface area contributed by atoms with E-state index in [4.69, 9.17) is 5.11 Å². The van der Waals surface area contributed by atoms with Crippen LogP contribution in [0.5, 0.6) is 5.75 Å². The highest BCUT2D eigenvalue weighted by molar-refractivity contribution is 6.05. The molecule has 6 nitrogen and oxygen atoms in total. The Bertz CT molecular complexity index is 665. The van der Waals surface area contributed by atoms with Gasteiger partial charge in [0.15, 0.2) is 0 Å². The number of hydrogen-bond acceptors (Lipinski definition) is 4. The smallest absolute Gasteiger partial charge is 0.269 e. The fourth-order valence-corrected chi connectivity index (χ4v) is 1.76. The molecule has 102 valence electrons. The number of hydrogen-bond donors (Lipinski definition) is 2. The number of aryl methyl sites for hydroxylation is 1. The summed E-state index contributed by atoms with van der Waals surface area (Å²) in [6.07, 6.45) is 0. The minimum absolute atomic E-state index is 0.0521. The van der Waals surface area contributed by atoms with Crippen molar-refractivity contribution in [1.82, 2.24) is 0 Å². The van der Waals surface area contributed by atoms with E-state index in [9.17, 15) is 14.9 Å². The third-order valence-electron chi connectivity index (χ3n) is 2.79. The highest BCUT2D eigenvalue weighted by atomic mass is 16.6. The Morgan fingerprint density at radius 1 is 1.20 bits per heavy atom. The number of aromatic hydroxyl groups is 1. The number of rotatable bonds is 3. The lowest BCUT2D eigenvalue weighted by atomic mass is 10.1. The Morgan fingerprint density at radius 3 is 2.40 bits per heavy atom. The van der Waals surface area contributed by atoms with Crippen molar-refractivity contribution in [2.45, 2.75) is 6.92 Å². The fourth-order valence-electron chi connectivity index (χ4n) is 1.76. The van der Waals surface area contributed by atoms with Gasteiger partial charge in [-0.2, -0.15) is 0 Å². The largest absolute Gasteiger partial charge is 0.508 e. The molecule has 0 aromatic heterocycles. The van der Waals surface area contributed by atoms with Gasteiger partial charge in [-0.1, -0.05) is 0 Å². The topological polar surface area (TPSA) is 92.5 Å². The molecule has 2 aromatic rings. The zero-order valence-electron chi connectivity index (χ0n) is 10.7. The lowest BCUT2D eigenvalue weighted by molar-refractivity contribution is -0.384. The number of nitro benzene ring substituents is 1. The Balaban J connectivity index is 2.21. The molecule has 0 saturated carbocycles. The summed E-state index contributed by atoms with van der Waals surface area (Å²) in [6, 6.07) is 10.1. The van der Waals surface area contributed by atoms with Crippen molar-refractivity contribution in [3.63, 3.8) is 0 Å². The molecule has 0 unspecified atom stereocenters. The molecule has 0 aliphatic heterocycles. The van der Waals surface area contributed by atoms with Gasteiger partial charge in [-0.3, -0.25) is 14.9 Å². The third-order valence-corrected chi connectivity index (χ3v) is 2.79. The SMILES string of the molecule is Cc1cc([N+](=O)[O-])ccc1C(=O)Nc1ccc(O)cc1. The van der Waals surface area contributed by atoms with Gasteiger partial charge in [-0.15, -0.1) is 0 Å². The van der Waals surface area contributed by atoms with Crippen LogP contribution in [0.15, 0.2) is 42.5 Å². The maximum absolute atomic E-state index is 12.1. The molecule has 2 N–H and O–H groups in total. The lowest BCUT2D eigenvalue weighted by Crippen LogP contribution is -2.13. The standard InChI is InChI=1S/C14H12N2O4/c1-9-8-11(16(19)20)4-7-13(9)14(18)15-10-2-5-12(17)6-3-10/h2-8,17H,1H3,(H,15,18). The summed E-state index contributed by atoms with van der Waals surface area (Å²) in [5.41, 5.74) is 1.37. The van der Waals surface area contributed by atoms with E-state index in [1.54, 1.807) is 19.1 Å². The number of anilines is 1. The number of non-ortho nitro benzene ring substituents is 1. The van der Waals surface area contributed by atoms with Crippen LogP contribution in [0.4, 0.5) is 11.4 Å². The first-order valence-electron chi connectivity index (χ1n) is 5.83.